The minimum atomic E-state index is -1.63. The van der Waals surface area contributed by atoms with Crippen molar-refractivity contribution in [3.63, 3.8) is 0 Å². The molecule has 5 nitrogen and oxygen atoms in total. The molecular weight excluding hydrogens is 258 g/mol. The van der Waals surface area contributed by atoms with Crippen LogP contribution in [-0.2, 0) is 9.59 Å². The van der Waals surface area contributed by atoms with E-state index in [1.807, 2.05) is 0 Å². The normalized spacial score (nSPS) is 12.3. The third-order valence-electron chi connectivity index (χ3n) is 2.18. The Labute approximate surface area is 108 Å². The molecule has 0 radical (unpaired) electrons. The number of hydrogen-bond acceptors (Lipinski definition) is 4. The zero-order valence-corrected chi connectivity index (χ0v) is 10.2. The Morgan fingerprint density at radius 1 is 1.33 bits per heavy atom. The van der Waals surface area contributed by atoms with Crippen molar-refractivity contribution in [3.8, 4) is 0 Å². The van der Waals surface area contributed by atoms with Crippen LogP contribution < -0.4 is 0 Å². The van der Waals surface area contributed by atoms with Gasteiger partial charge in [0.05, 0.1) is 11.3 Å². The van der Waals surface area contributed by atoms with E-state index in [0.29, 0.717) is 10.6 Å². The fourth-order valence-corrected chi connectivity index (χ4v) is 1.44. The second-order valence-corrected chi connectivity index (χ2v) is 3.81. The van der Waals surface area contributed by atoms with Crippen LogP contribution in [0.4, 0.5) is 0 Å². The molecule has 0 unspecified atom stereocenters. The number of oxime groups is 1. The summed E-state index contributed by atoms with van der Waals surface area (Å²) in [6, 6.07) is 6.60. The van der Waals surface area contributed by atoms with Gasteiger partial charge >= 0.3 is 5.97 Å². The summed E-state index contributed by atoms with van der Waals surface area (Å²) in [5.74, 6) is -2.79. The first-order valence-electron chi connectivity index (χ1n) is 4.90. The fourth-order valence-electron chi connectivity index (χ4n) is 1.25. The number of rotatable bonds is 4. The lowest BCUT2D eigenvalue weighted by Gasteiger charge is -2.03. The van der Waals surface area contributed by atoms with E-state index in [1.54, 1.807) is 24.3 Å². The van der Waals surface area contributed by atoms with Gasteiger partial charge in [-0.3, -0.25) is 4.79 Å². The van der Waals surface area contributed by atoms with E-state index in [1.165, 1.54) is 13.0 Å². The van der Waals surface area contributed by atoms with Crippen LogP contribution in [0.15, 0.2) is 35.0 Å². The van der Waals surface area contributed by atoms with Crippen LogP contribution in [0.3, 0.4) is 0 Å². The maximum atomic E-state index is 11.5. The lowest BCUT2D eigenvalue weighted by Crippen LogP contribution is -2.19. The van der Waals surface area contributed by atoms with Crippen molar-refractivity contribution in [1.82, 2.24) is 0 Å². The SMILES string of the molecule is CC(=N/O)/C(=C\c1ccccc1Cl)C(=O)C(=O)O. The number of aliphatic carboxylic acids is 1. The average Bonchev–Trinajstić information content (AvgIpc) is 2.36. The second kappa shape index (κ2) is 5.97. The lowest BCUT2D eigenvalue weighted by molar-refractivity contribution is -0.147. The minimum Gasteiger partial charge on any atom is -0.475 e. The van der Waals surface area contributed by atoms with Gasteiger partial charge in [-0.1, -0.05) is 35.0 Å². The number of benzene rings is 1. The van der Waals surface area contributed by atoms with Gasteiger partial charge in [-0.15, -0.1) is 0 Å². The standard InChI is InChI=1S/C12H10ClNO4/c1-7(14-18)9(11(15)12(16)17)6-8-4-2-3-5-10(8)13/h2-6,18H,1H3,(H,16,17)/b9-6+,14-7-. The van der Waals surface area contributed by atoms with E-state index in [9.17, 15) is 9.59 Å². The van der Waals surface area contributed by atoms with Crippen molar-refractivity contribution < 1.29 is 19.9 Å². The van der Waals surface area contributed by atoms with Crippen LogP contribution in [-0.4, -0.2) is 27.8 Å². The van der Waals surface area contributed by atoms with Crippen molar-refractivity contribution in [2.45, 2.75) is 6.92 Å². The fraction of sp³-hybridized carbons (Fsp3) is 0.0833. The molecule has 1 rings (SSSR count). The van der Waals surface area contributed by atoms with Crippen LogP contribution in [0.5, 0.6) is 0 Å². The Hall–Kier alpha value is -2.14. The van der Waals surface area contributed by atoms with E-state index in [2.05, 4.69) is 5.16 Å². The number of ketones is 1. The van der Waals surface area contributed by atoms with E-state index < -0.39 is 11.8 Å². The summed E-state index contributed by atoms with van der Waals surface area (Å²) in [6.07, 6.45) is 1.27. The molecule has 0 fully saturated rings. The van der Waals surface area contributed by atoms with Gasteiger partial charge in [-0.05, 0) is 24.6 Å². The zero-order chi connectivity index (χ0) is 13.7. The molecule has 0 atom stereocenters. The van der Waals surface area contributed by atoms with E-state index in [4.69, 9.17) is 21.9 Å². The monoisotopic (exact) mass is 267 g/mol. The number of carboxylic acids is 1. The Morgan fingerprint density at radius 2 is 1.94 bits per heavy atom. The average molecular weight is 268 g/mol. The number of carbonyl (C=O) groups is 2. The highest BCUT2D eigenvalue weighted by Gasteiger charge is 2.20. The Bertz CT molecular complexity index is 549. The highest BCUT2D eigenvalue weighted by Crippen LogP contribution is 2.19. The molecule has 2 N–H and O–H groups in total. The van der Waals surface area contributed by atoms with Crippen LogP contribution in [0.25, 0.3) is 6.08 Å². The van der Waals surface area contributed by atoms with Gasteiger partial charge in [0.2, 0.25) is 0 Å². The molecule has 94 valence electrons. The van der Waals surface area contributed by atoms with Crippen LogP contribution >= 0.6 is 11.6 Å². The molecule has 0 saturated heterocycles. The molecule has 0 aromatic heterocycles. The molecule has 1 aromatic carbocycles. The number of nitrogens with zero attached hydrogens (tertiary/aromatic N) is 1. The van der Waals surface area contributed by atoms with Gasteiger partial charge in [-0.25, -0.2) is 4.79 Å². The van der Waals surface area contributed by atoms with Crippen molar-refractivity contribution in [2.24, 2.45) is 5.16 Å². The van der Waals surface area contributed by atoms with Crippen molar-refractivity contribution in [1.29, 1.82) is 0 Å². The molecule has 0 aliphatic heterocycles. The van der Waals surface area contributed by atoms with E-state index in [-0.39, 0.29) is 11.3 Å². The topological polar surface area (TPSA) is 87.0 Å². The summed E-state index contributed by atoms with van der Waals surface area (Å²) in [7, 11) is 0. The quantitative estimate of drug-likeness (QED) is 0.288. The first-order valence-corrected chi connectivity index (χ1v) is 5.28. The van der Waals surface area contributed by atoms with E-state index in [0.717, 1.165) is 0 Å². The van der Waals surface area contributed by atoms with Crippen LogP contribution in [0.2, 0.25) is 5.02 Å². The highest BCUT2D eigenvalue weighted by molar-refractivity contribution is 6.48. The maximum Gasteiger partial charge on any atom is 0.377 e. The number of Topliss-reactive ketones (excluding diaryl/α,β-unsaturated/α-hetero) is 1. The van der Waals surface area contributed by atoms with Crippen molar-refractivity contribution in [3.05, 3.63) is 40.4 Å². The summed E-state index contributed by atoms with van der Waals surface area (Å²) in [5, 5.41) is 20.5. The molecular formula is C12H10ClNO4. The summed E-state index contributed by atoms with van der Waals surface area (Å²) in [4.78, 5) is 22.1. The Balaban J connectivity index is 3.32. The van der Waals surface area contributed by atoms with E-state index >= 15 is 0 Å². The minimum absolute atomic E-state index is 0.0951. The third kappa shape index (κ3) is 3.18. The zero-order valence-electron chi connectivity index (χ0n) is 9.42. The summed E-state index contributed by atoms with van der Waals surface area (Å²) in [6.45, 7) is 1.32. The summed E-state index contributed by atoms with van der Waals surface area (Å²) < 4.78 is 0. The van der Waals surface area contributed by atoms with Crippen molar-refractivity contribution >= 4 is 35.1 Å². The molecule has 0 bridgehead atoms. The summed E-state index contributed by atoms with van der Waals surface area (Å²) >= 11 is 5.89. The molecule has 0 spiro atoms. The van der Waals surface area contributed by atoms with Gasteiger partial charge in [0.25, 0.3) is 5.78 Å². The maximum absolute atomic E-state index is 11.5. The van der Waals surface area contributed by atoms with Gasteiger partial charge in [0, 0.05) is 5.02 Å². The predicted octanol–water partition coefficient (Wildman–Crippen LogP) is 2.23. The molecule has 0 amide bonds. The van der Waals surface area contributed by atoms with Crippen LogP contribution in [0.1, 0.15) is 12.5 Å². The first kappa shape index (κ1) is 13.9. The predicted molar refractivity (Wildman–Crippen MR) is 67.0 cm³/mol. The number of halogens is 1. The highest BCUT2D eigenvalue weighted by atomic mass is 35.5. The molecule has 1 aromatic rings. The first-order chi connectivity index (χ1) is 8.47. The number of carboxylic acid groups (broad SMARTS) is 1. The number of carbonyl (C=O) groups excluding carboxylic acids is 1. The molecule has 0 saturated carbocycles. The molecule has 6 heteroatoms. The third-order valence-corrected chi connectivity index (χ3v) is 2.53. The van der Waals surface area contributed by atoms with Gasteiger partial charge in [-0.2, -0.15) is 0 Å². The smallest absolute Gasteiger partial charge is 0.377 e. The summed E-state index contributed by atoms with van der Waals surface area (Å²) in [5.41, 5.74) is 0.146. The number of hydrogen-bond donors (Lipinski definition) is 2. The molecule has 0 heterocycles. The van der Waals surface area contributed by atoms with Gasteiger partial charge < -0.3 is 10.3 Å². The molecule has 18 heavy (non-hydrogen) atoms. The second-order valence-electron chi connectivity index (χ2n) is 3.40. The van der Waals surface area contributed by atoms with Gasteiger partial charge in [0.1, 0.15) is 0 Å². The molecule has 0 aliphatic carbocycles. The Morgan fingerprint density at radius 3 is 2.44 bits per heavy atom. The van der Waals surface area contributed by atoms with Crippen LogP contribution in [0, 0.1) is 0 Å². The lowest BCUT2D eigenvalue weighted by atomic mass is 10.0. The molecule has 0 aliphatic rings. The largest absolute Gasteiger partial charge is 0.475 e. The Kier molecular flexibility index (Phi) is 4.62. The van der Waals surface area contributed by atoms with Crippen molar-refractivity contribution in [2.75, 3.05) is 0 Å². The van der Waals surface area contributed by atoms with Gasteiger partial charge in [0.15, 0.2) is 0 Å².